The lowest BCUT2D eigenvalue weighted by atomic mass is 9.92. The Kier molecular flexibility index (Phi) is 4.54. The van der Waals surface area contributed by atoms with Crippen molar-refractivity contribution >= 4 is 39.4 Å². The van der Waals surface area contributed by atoms with E-state index < -0.39 is 6.17 Å². The number of pyridine rings is 1. The van der Waals surface area contributed by atoms with Crippen LogP contribution in [0.3, 0.4) is 0 Å². The number of halogens is 2. The molecule has 1 unspecified atom stereocenters. The van der Waals surface area contributed by atoms with E-state index in [0.29, 0.717) is 36.6 Å². The van der Waals surface area contributed by atoms with Crippen molar-refractivity contribution in [1.29, 1.82) is 0 Å². The van der Waals surface area contributed by atoms with Crippen molar-refractivity contribution in [3.05, 3.63) is 53.3 Å². The molecule has 0 bridgehead atoms. The van der Waals surface area contributed by atoms with Gasteiger partial charge in [-0.1, -0.05) is 18.5 Å². The number of rotatable bonds is 4. The molecule has 1 N–H and O–H groups in total. The summed E-state index contributed by atoms with van der Waals surface area (Å²) < 4.78 is 14.0. The third-order valence-electron chi connectivity index (χ3n) is 5.62. The van der Waals surface area contributed by atoms with Gasteiger partial charge in [-0.15, -0.1) is 0 Å². The molecule has 8 heteroatoms. The molecule has 1 fully saturated rings. The first-order valence-electron chi connectivity index (χ1n) is 9.71. The van der Waals surface area contributed by atoms with Gasteiger partial charge >= 0.3 is 0 Å². The minimum atomic E-state index is -0.820. The van der Waals surface area contributed by atoms with Gasteiger partial charge in [0, 0.05) is 24.7 Å². The fourth-order valence-corrected chi connectivity index (χ4v) is 4.47. The molecular weight excluding hydrogens is 391 g/mol. The Bertz CT molecular complexity index is 1190. The van der Waals surface area contributed by atoms with Crippen molar-refractivity contribution in [3.63, 3.8) is 0 Å². The van der Waals surface area contributed by atoms with Crippen LogP contribution in [0.4, 0.5) is 10.1 Å². The molecule has 4 aromatic rings. The first kappa shape index (κ1) is 18.2. The minimum absolute atomic E-state index is 0.0916. The van der Waals surface area contributed by atoms with Gasteiger partial charge in [-0.25, -0.2) is 19.3 Å². The Labute approximate surface area is 172 Å². The van der Waals surface area contributed by atoms with E-state index in [9.17, 15) is 4.39 Å². The summed E-state index contributed by atoms with van der Waals surface area (Å²) in [5, 5.41) is 1.55. The van der Waals surface area contributed by atoms with Crippen LogP contribution in [0.2, 0.25) is 5.02 Å². The van der Waals surface area contributed by atoms with Gasteiger partial charge in [0.15, 0.2) is 5.65 Å². The Morgan fingerprint density at radius 2 is 2.21 bits per heavy atom. The van der Waals surface area contributed by atoms with E-state index in [1.54, 1.807) is 12.5 Å². The number of aromatic amines is 1. The molecule has 5 rings (SSSR count). The Hall–Kier alpha value is -2.80. The van der Waals surface area contributed by atoms with E-state index in [1.165, 1.54) is 6.33 Å². The van der Waals surface area contributed by atoms with Crippen molar-refractivity contribution < 1.29 is 4.39 Å². The topological polar surface area (TPSA) is 70.6 Å². The SMILES string of the molecule is CC(Cc1ncnc2nc[nH]c12)c1cc(Cl)c2cccnc2c1N1CC[C@H](F)C1. The predicted octanol–water partition coefficient (Wildman–Crippen LogP) is 4.45. The zero-order valence-electron chi connectivity index (χ0n) is 15.9. The number of imidazole rings is 1. The lowest BCUT2D eigenvalue weighted by molar-refractivity contribution is 0.364. The van der Waals surface area contributed by atoms with Crippen molar-refractivity contribution in [2.45, 2.75) is 31.9 Å². The van der Waals surface area contributed by atoms with Crippen LogP contribution >= 0.6 is 11.6 Å². The van der Waals surface area contributed by atoms with E-state index in [4.69, 9.17) is 11.6 Å². The number of anilines is 1. The number of hydrogen-bond donors (Lipinski definition) is 1. The highest BCUT2D eigenvalue weighted by atomic mass is 35.5. The third kappa shape index (κ3) is 3.19. The van der Waals surface area contributed by atoms with E-state index >= 15 is 0 Å². The zero-order valence-corrected chi connectivity index (χ0v) is 16.7. The van der Waals surface area contributed by atoms with E-state index in [-0.39, 0.29) is 5.92 Å². The standard InChI is InChI=1S/C21H20ClFN6/c1-12(7-17-19-21(27-10-25-17)28-11-26-19)15-8-16(22)14-3-2-5-24-18(14)20(15)29-6-4-13(23)9-29/h2-3,5,8,10-13H,4,6-7,9H2,1H3,(H,25,26,27,28)/t12?,13-/m0/s1. The van der Waals surface area contributed by atoms with Gasteiger partial charge in [0.1, 0.15) is 18.0 Å². The summed E-state index contributed by atoms with van der Waals surface area (Å²) in [7, 11) is 0. The molecule has 1 aliphatic rings. The van der Waals surface area contributed by atoms with Crippen LogP contribution in [0, 0.1) is 0 Å². The van der Waals surface area contributed by atoms with Gasteiger partial charge in [0.05, 0.1) is 28.2 Å². The number of H-pyrrole nitrogens is 1. The van der Waals surface area contributed by atoms with Gasteiger partial charge in [0.2, 0.25) is 0 Å². The largest absolute Gasteiger partial charge is 0.367 e. The molecule has 148 valence electrons. The summed E-state index contributed by atoms with van der Waals surface area (Å²) in [4.78, 5) is 22.7. The maximum absolute atomic E-state index is 14.0. The highest BCUT2D eigenvalue weighted by Crippen LogP contribution is 2.40. The molecule has 29 heavy (non-hydrogen) atoms. The normalized spacial score (nSPS) is 18.0. The van der Waals surface area contributed by atoms with Crippen molar-refractivity contribution in [2.24, 2.45) is 0 Å². The average molecular weight is 411 g/mol. The summed E-state index contributed by atoms with van der Waals surface area (Å²) in [6.07, 6.45) is 5.31. The summed E-state index contributed by atoms with van der Waals surface area (Å²) >= 11 is 6.62. The Balaban J connectivity index is 1.62. The van der Waals surface area contributed by atoms with Crippen LogP contribution in [0.5, 0.6) is 0 Å². The summed E-state index contributed by atoms with van der Waals surface area (Å²) in [5.74, 6) is 0.0916. The first-order valence-corrected chi connectivity index (χ1v) is 10.1. The lowest BCUT2D eigenvalue weighted by Crippen LogP contribution is -2.23. The fourth-order valence-electron chi connectivity index (χ4n) is 4.20. The molecule has 0 spiro atoms. The highest BCUT2D eigenvalue weighted by molar-refractivity contribution is 6.36. The molecule has 1 aliphatic heterocycles. The molecule has 3 aromatic heterocycles. The number of alkyl halides is 1. The van der Waals surface area contributed by atoms with Crippen LogP contribution in [-0.4, -0.2) is 44.2 Å². The molecule has 4 heterocycles. The molecule has 0 saturated carbocycles. The molecule has 0 radical (unpaired) electrons. The van der Waals surface area contributed by atoms with Crippen molar-refractivity contribution in [1.82, 2.24) is 24.9 Å². The second-order valence-electron chi connectivity index (χ2n) is 7.55. The van der Waals surface area contributed by atoms with Gasteiger partial charge in [-0.2, -0.15) is 0 Å². The number of nitrogens with zero attached hydrogens (tertiary/aromatic N) is 5. The maximum Gasteiger partial charge on any atom is 0.180 e. The second kappa shape index (κ2) is 7.22. The van der Waals surface area contributed by atoms with E-state index in [0.717, 1.165) is 33.4 Å². The Morgan fingerprint density at radius 3 is 3.03 bits per heavy atom. The highest BCUT2D eigenvalue weighted by Gasteiger charge is 2.28. The van der Waals surface area contributed by atoms with Crippen LogP contribution in [0.1, 0.15) is 30.5 Å². The van der Waals surface area contributed by atoms with E-state index in [1.807, 2.05) is 18.2 Å². The van der Waals surface area contributed by atoms with E-state index in [2.05, 4.69) is 36.7 Å². The van der Waals surface area contributed by atoms with Gasteiger partial charge in [-0.3, -0.25) is 4.98 Å². The molecule has 2 atom stereocenters. The van der Waals surface area contributed by atoms with Crippen LogP contribution in [0.25, 0.3) is 22.1 Å². The van der Waals surface area contributed by atoms with Gasteiger partial charge in [0.25, 0.3) is 0 Å². The number of benzene rings is 1. The van der Waals surface area contributed by atoms with Gasteiger partial charge in [-0.05, 0) is 42.5 Å². The third-order valence-corrected chi connectivity index (χ3v) is 5.94. The first-order chi connectivity index (χ1) is 14.1. The molecule has 1 saturated heterocycles. The molecule has 0 aliphatic carbocycles. The molecule has 6 nitrogen and oxygen atoms in total. The number of hydrogen-bond acceptors (Lipinski definition) is 5. The smallest absolute Gasteiger partial charge is 0.180 e. The number of fused-ring (bicyclic) bond motifs is 2. The maximum atomic E-state index is 14.0. The number of aromatic nitrogens is 5. The average Bonchev–Trinajstić information content (AvgIpc) is 3.37. The zero-order chi connectivity index (χ0) is 20.0. The summed E-state index contributed by atoms with van der Waals surface area (Å²) in [5.41, 5.74) is 5.25. The second-order valence-corrected chi connectivity index (χ2v) is 7.96. The van der Waals surface area contributed by atoms with Crippen LogP contribution in [0.15, 0.2) is 37.1 Å². The monoisotopic (exact) mass is 410 g/mol. The minimum Gasteiger partial charge on any atom is -0.367 e. The lowest BCUT2D eigenvalue weighted by Gasteiger charge is -2.26. The van der Waals surface area contributed by atoms with Gasteiger partial charge < -0.3 is 9.88 Å². The molecule has 0 amide bonds. The molecular formula is C21H20ClFN6. The van der Waals surface area contributed by atoms with Crippen molar-refractivity contribution in [2.75, 3.05) is 18.0 Å². The quantitative estimate of drug-likeness (QED) is 0.538. The predicted molar refractivity (Wildman–Crippen MR) is 112 cm³/mol. The fraction of sp³-hybridized carbons (Fsp3) is 0.333. The molecule has 1 aromatic carbocycles. The Morgan fingerprint density at radius 1 is 1.31 bits per heavy atom. The van der Waals surface area contributed by atoms with Crippen LogP contribution < -0.4 is 4.90 Å². The summed E-state index contributed by atoms with van der Waals surface area (Å²) in [6, 6.07) is 5.84. The number of nitrogens with one attached hydrogen (secondary N) is 1. The summed E-state index contributed by atoms with van der Waals surface area (Å²) in [6.45, 7) is 3.19. The van der Waals surface area contributed by atoms with Crippen LogP contribution in [-0.2, 0) is 6.42 Å². The van der Waals surface area contributed by atoms with Crippen molar-refractivity contribution in [3.8, 4) is 0 Å².